The van der Waals surface area contributed by atoms with Crippen molar-refractivity contribution in [3.8, 4) is 0 Å². The first kappa shape index (κ1) is 18.9. The number of nitrogens with one attached hydrogen (secondary N) is 2. The standard InChI is InChI=1S/C14H22N4O2S.ClH/c1-8(2)12(15)13(20)16-7-11(19)18-14-17-9-5-3-4-6-10(9)21-14;/h8,12H,3-7,15H2,1-2H3,(H,16,20)(H,17,18,19);1H/t12-;/m0./s1. The van der Waals surface area contributed by atoms with Crippen molar-refractivity contribution in [1.82, 2.24) is 10.3 Å². The van der Waals surface area contributed by atoms with Crippen molar-refractivity contribution in [2.24, 2.45) is 11.7 Å². The molecule has 1 aromatic heterocycles. The van der Waals surface area contributed by atoms with E-state index in [4.69, 9.17) is 5.73 Å². The van der Waals surface area contributed by atoms with Crippen LogP contribution in [0.3, 0.4) is 0 Å². The van der Waals surface area contributed by atoms with Gasteiger partial charge in [-0.25, -0.2) is 4.98 Å². The molecule has 0 aliphatic heterocycles. The summed E-state index contributed by atoms with van der Waals surface area (Å²) in [5.74, 6) is -0.539. The summed E-state index contributed by atoms with van der Waals surface area (Å²) in [5, 5.41) is 5.90. The van der Waals surface area contributed by atoms with Gasteiger partial charge in [-0.1, -0.05) is 13.8 Å². The number of fused-ring (bicyclic) bond motifs is 1. The number of nitrogens with two attached hydrogens (primary N) is 1. The van der Waals surface area contributed by atoms with Gasteiger partial charge in [0.25, 0.3) is 0 Å². The zero-order chi connectivity index (χ0) is 15.4. The average Bonchev–Trinajstić information content (AvgIpc) is 2.85. The molecule has 124 valence electrons. The van der Waals surface area contributed by atoms with Crippen molar-refractivity contribution in [3.63, 3.8) is 0 Å². The Morgan fingerprint density at radius 2 is 2.00 bits per heavy atom. The number of halogens is 1. The summed E-state index contributed by atoms with van der Waals surface area (Å²) in [7, 11) is 0. The number of carbonyl (C=O) groups is 2. The molecule has 2 amide bonds. The highest BCUT2D eigenvalue weighted by atomic mass is 35.5. The van der Waals surface area contributed by atoms with Crippen molar-refractivity contribution in [2.45, 2.75) is 45.6 Å². The Labute approximate surface area is 140 Å². The van der Waals surface area contributed by atoms with E-state index in [9.17, 15) is 9.59 Å². The topological polar surface area (TPSA) is 97.1 Å². The highest BCUT2D eigenvalue weighted by Gasteiger charge is 2.19. The maximum Gasteiger partial charge on any atom is 0.245 e. The maximum atomic E-state index is 11.8. The van der Waals surface area contributed by atoms with Gasteiger partial charge in [0, 0.05) is 4.88 Å². The minimum Gasteiger partial charge on any atom is -0.346 e. The fraction of sp³-hybridized carbons (Fsp3) is 0.643. The van der Waals surface area contributed by atoms with Gasteiger partial charge in [-0.05, 0) is 31.6 Å². The van der Waals surface area contributed by atoms with Crippen LogP contribution in [0.2, 0.25) is 0 Å². The summed E-state index contributed by atoms with van der Waals surface area (Å²) in [6, 6.07) is -0.593. The molecule has 4 N–H and O–H groups in total. The number of hydrogen-bond donors (Lipinski definition) is 3. The molecule has 1 aliphatic carbocycles. The first-order chi connectivity index (χ1) is 9.97. The summed E-state index contributed by atoms with van der Waals surface area (Å²) in [4.78, 5) is 29.2. The van der Waals surface area contributed by atoms with Crippen molar-refractivity contribution in [1.29, 1.82) is 0 Å². The molecule has 22 heavy (non-hydrogen) atoms. The van der Waals surface area contributed by atoms with Gasteiger partial charge in [0.1, 0.15) is 0 Å². The van der Waals surface area contributed by atoms with Gasteiger partial charge in [-0.15, -0.1) is 23.7 Å². The first-order valence-corrected chi connectivity index (χ1v) is 8.10. The molecule has 1 atom stereocenters. The number of aromatic nitrogens is 1. The largest absolute Gasteiger partial charge is 0.346 e. The van der Waals surface area contributed by atoms with Crippen LogP contribution < -0.4 is 16.4 Å². The predicted molar refractivity (Wildman–Crippen MR) is 90.5 cm³/mol. The minimum absolute atomic E-state index is 0. The number of anilines is 1. The van der Waals surface area contributed by atoms with E-state index in [1.54, 1.807) is 0 Å². The van der Waals surface area contributed by atoms with E-state index in [0.717, 1.165) is 25.0 Å². The highest BCUT2D eigenvalue weighted by Crippen LogP contribution is 2.29. The molecule has 0 fully saturated rings. The van der Waals surface area contributed by atoms with Gasteiger partial charge in [0.05, 0.1) is 18.3 Å². The van der Waals surface area contributed by atoms with Crippen LogP contribution >= 0.6 is 23.7 Å². The molecule has 1 heterocycles. The lowest BCUT2D eigenvalue weighted by atomic mass is 10.0. The van der Waals surface area contributed by atoms with Gasteiger partial charge < -0.3 is 16.4 Å². The van der Waals surface area contributed by atoms with Crippen LogP contribution in [0.25, 0.3) is 0 Å². The Morgan fingerprint density at radius 1 is 1.32 bits per heavy atom. The third-order valence-corrected chi connectivity index (χ3v) is 4.61. The lowest BCUT2D eigenvalue weighted by Gasteiger charge is -2.14. The molecular formula is C14H23ClN4O2S. The molecule has 8 heteroatoms. The second kappa shape index (κ2) is 8.45. The Kier molecular flexibility index (Phi) is 7.25. The van der Waals surface area contributed by atoms with Gasteiger partial charge >= 0.3 is 0 Å². The fourth-order valence-electron chi connectivity index (χ4n) is 2.16. The van der Waals surface area contributed by atoms with E-state index in [0.29, 0.717) is 5.13 Å². The monoisotopic (exact) mass is 346 g/mol. The molecule has 0 bridgehead atoms. The molecule has 0 spiro atoms. The Morgan fingerprint density at radius 3 is 2.64 bits per heavy atom. The van der Waals surface area contributed by atoms with Crippen LogP contribution in [0.15, 0.2) is 0 Å². The van der Waals surface area contributed by atoms with Gasteiger partial charge in [-0.3, -0.25) is 9.59 Å². The summed E-state index contributed by atoms with van der Waals surface area (Å²) in [6.07, 6.45) is 4.38. The number of nitrogens with zero attached hydrogens (tertiary/aromatic N) is 1. The Hall–Kier alpha value is -1.18. The Bertz CT molecular complexity index is 509. The summed E-state index contributed by atoms with van der Waals surface area (Å²) >= 11 is 1.53. The molecule has 0 saturated carbocycles. The minimum atomic E-state index is -0.593. The molecule has 2 rings (SSSR count). The highest BCUT2D eigenvalue weighted by molar-refractivity contribution is 7.15. The lowest BCUT2D eigenvalue weighted by Crippen LogP contribution is -2.46. The van der Waals surface area contributed by atoms with Crippen molar-refractivity contribution in [2.75, 3.05) is 11.9 Å². The molecule has 0 saturated heterocycles. The van der Waals surface area contributed by atoms with E-state index in [1.807, 2.05) is 13.8 Å². The van der Waals surface area contributed by atoms with Gasteiger partial charge in [0.15, 0.2) is 5.13 Å². The molecule has 0 radical (unpaired) electrons. The predicted octanol–water partition coefficient (Wildman–Crippen LogP) is 1.48. The van der Waals surface area contributed by atoms with E-state index >= 15 is 0 Å². The van der Waals surface area contributed by atoms with Crippen molar-refractivity contribution in [3.05, 3.63) is 10.6 Å². The molecule has 6 nitrogen and oxygen atoms in total. The molecule has 0 aromatic carbocycles. The summed E-state index contributed by atoms with van der Waals surface area (Å²) in [5.41, 5.74) is 6.82. The van der Waals surface area contributed by atoms with Crippen LogP contribution in [0, 0.1) is 5.92 Å². The fourth-order valence-corrected chi connectivity index (χ4v) is 3.22. The molecule has 0 unspecified atom stereocenters. The van der Waals surface area contributed by atoms with Crippen LogP contribution in [0.4, 0.5) is 5.13 Å². The zero-order valence-electron chi connectivity index (χ0n) is 12.8. The lowest BCUT2D eigenvalue weighted by molar-refractivity contribution is -0.125. The first-order valence-electron chi connectivity index (χ1n) is 7.29. The van der Waals surface area contributed by atoms with E-state index in [1.165, 1.54) is 22.6 Å². The van der Waals surface area contributed by atoms with E-state index in [-0.39, 0.29) is 36.7 Å². The quantitative estimate of drug-likeness (QED) is 0.752. The summed E-state index contributed by atoms with van der Waals surface area (Å²) in [6.45, 7) is 3.65. The van der Waals surface area contributed by atoms with Gasteiger partial charge in [-0.2, -0.15) is 0 Å². The number of rotatable bonds is 5. The van der Waals surface area contributed by atoms with Gasteiger partial charge in [0.2, 0.25) is 11.8 Å². The molecule has 1 aliphatic rings. The number of amides is 2. The number of thiazole rings is 1. The van der Waals surface area contributed by atoms with Crippen molar-refractivity contribution >= 4 is 40.7 Å². The zero-order valence-corrected chi connectivity index (χ0v) is 14.5. The van der Waals surface area contributed by atoms with E-state index in [2.05, 4.69) is 15.6 Å². The second-order valence-electron chi connectivity index (χ2n) is 5.63. The summed E-state index contributed by atoms with van der Waals surface area (Å²) < 4.78 is 0. The van der Waals surface area contributed by atoms with E-state index < -0.39 is 6.04 Å². The van der Waals surface area contributed by atoms with Crippen LogP contribution in [-0.2, 0) is 22.4 Å². The van der Waals surface area contributed by atoms with Crippen LogP contribution in [-0.4, -0.2) is 29.4 Å². The maximum absolute atomic E-state index is 11.8. The third kappa shape index (κ3) is 4.93. The third-order valence-electron chi connectivity index (χ3n) is 3.54. The van der Waals surface area contributed by atoms with Crippen LogP contribution in [0.5, 0.6) is 0 Å². The number of hydrogen-bond acceptors (Lipinski definition) is 5. The smallest absolute Gasteiger partial charge is 0.245 e. The normalized spacial score (nSPS) is 14.7. The SMILES string of the molecule is CC(C)[C@H](N)C(=O)NCC(=O)Nc1nc2c(s1)CCCC2.Cl. The molecule has 1 aromatic rings. The number of carbonyl (C=O) groups excluding carboxylic acids is 2. The average molecular weight is 347 g/mol. The Balaban J connectivity index is 0.00000242. The van der Waals surface area contributed by atoms with Crippen LogP contribution in [0.1, 0.15) is 37.3 Å². The van der Waals surface area contributed by atoms with Crippen molar-refractivity contribution < 1.29 is 9.59 Å². The second-order valence-corrected chi connectivity index (χ2v) is 6.72. The number of aryl methyl sites for hydroxylation is 2. The molecular weight excluding hydrogens is 324 g/mol.